The Bertz CT molecular complexity index is 465. The molecule has 0 saturated heterocycles. The predicted molar refractivity (Wildman–Crippen MR) is 69.1 cm³/mol. The van der Waals surface area contributed by atoms with Crippen LogP contribution in [0.3, 0.4) is 0 Å². The molecule has 0 aliphatic carbocycles. The molecule has 19 heavy (non-hydrogen) atoms. The van der Waals surface area contributed by atoms with Gasteiger partial charge >= 0.3 is 11.9 Å². The Hall–Kier alpha value is -2.04. The molecule has 0 aliphatic heterocycles. The first kappa shape index (κ1) is 15.0. The lowest BCUT2D eigenvalue weighted by Gasteiger charge is -2.24. The van der Waals surface area contributed by atoms with Gasteiger partial charge in [0.25, 0.3) is 0 Å². The average Bonchev–Trinajstić information content (AvgIpc) is 2.38. The van der Waals surface area contributed by atoms with Gasteiger partial charge in [-0.05, 0) is 32.9 Å². The smallest absolute Gasteiger partial charge is 0.349 e. The topological polar surface area (TPSA) is 61.8 Å². The summed E-state index contributed by atoms with van der Waals surface area (Å²) in [5, 5.41) is 0. The van der Waals surface area contributed by atoms with Gasteiger partial charge in [0.1, 0.15) is 11.3 Å². The number of carbonyl (C=O) groups excluding carboxylic acids is 2. The lowest BCUT2D eigenvalue weighted by Crippen LogP contribution is -2.39. The van der Waals surface area contributed by atoms with Crippen molar-refractivity contribution in [3.63, 3.8) is 0 Å². The minimum absolute atomic E-state index is 0.271. The van der Waals surface area contributed by atoms with Crippen LogP contribution in [0.15, 0.2) is 24.3 Å². The molecule has 104 valence electrons. The second-order valence-electron chi connectivity index (χ2n) is 4.32. The second-order valence-corrected chi connectivity index (χ2v) is 4.32. The molecule has 1 aromatic rings. The molecule has 0 N–H and O–H groups in total. The van der Waals surface area contributed by atoms with Crippen LogP contribution >= 0.6 is 0 Å². The highest BCUT2D eigenvalue weighted by Crippen LogP contribution is 2.24. The number of rotatable bonds is 5. The van der Waals surface area contributed by atoms with E-state index >= 15 is 0 Å². The van der Waals surface area contributed by atoms with E-state index in [1.54, 1.807) is 45.0 Å². The number of esters is 2. The van der Waals surface area contributed by atoms with Gasteiger partial charge in [0.05, 0.1) is 13.7 Å². The first-order valence-corrected chi connectivity index (χ1v) is 5.96. The lowest BCUT2D eigenvalue weighted by molar-refractivity contribution is -0.156. The van der Waals surface area contributed by atoms with Gasteiger partial charge in [-0.2, -0.15) is 0 Å². The van der Waals surface area contributed by atoms with Crippen LogP contribution < -0.4 is 4.74 Å². The van der Waals surface area contributed by atoms with Gasteiger partial charge in [0.15, 0.2) is 5.60 Å². The molecule has 0 radical (unpaired) electrons. The van der Waals surface area contributed by atoms with Gasteiger partial charge in [0, 0.05) is 0 Å². The zero-order valence-corrected chi connectivity index (χ0v) is 11.6. The van der Waals surface area contributed by atoms with E-state index in [2.05, 4.69) is 4.74 Å². The third-order valence-electron chi connectivity index (χ3n) is 2.42. The molecule has 0 fully saturated rings. The zero-order chi connectivity index (χ0) is 14.5. The Morgan fingerprint density at radius 2 is 1.84 bits per heavy atom. The summed E-state index contributed by atoms with van der Waals surface area (Å²) in [7, 11) is 1.28. The molecular weight excluding hydrogens is 248 g/mol. The molecule has 0 bridgehead atoms. The average molecular weight is 266 g/mol. The van der Waals surface area contributed by atoms with Crippen LogP contribution in [0.5, 0.6) is 5.75 Å². The Morgan fingerprint density at radius 1 is 1.21 bits per heavy atom. The quantitative estimate of drug-likeness (QED) is 0.764. The molecule has 0 spiro atoms. The number of ether oxygens (including phenoxy) is 3. The number of carbonyl (C=O) groups is 2. The molecule has 0 saturated carbocycles. The number of methoxy groups -OCH3 is 1. The van der Waals surface area contributed by atoms with Crippen molar-refractivity contribution in [1.29, 1.82) is 0 Å². The summed E-state index contributed by atoms with van der Waals surface area (Å²) in [6.07, 6.45) is 0. The summed E-state index contributed by atoms with van der Waals surface area (Å²) in [5.74, 6) is -0.721. The monoisotopic (exact) mass is 266 g/mol. The third-order valence-corrected chi connectivity index (χ3v) is 2.42. The summed E-state index contributed by atoms with van der Waals surface area (Å²) in [5.41, 5.74) is -0.904. The third kappa shape index (κ3) is 3.71. The number of hydrogen-bond acceptors (Lipinski definition) is 5. The summed E-state index contributed by atoms with van der Waals surface area (Å²) in [6.45, 7) is 5.13. The fourth-order valence-electron chi connectivity index (χ4n) is 1.50. The van der Waals surface area contributed by atoms with E-state index in [-0.39, 0.29) is 17.9 Å². The highest BCUT2D eigenvalue weighted by atomic mass is 16.6. The molecule has 1 aromatic carbocycles. The van der Waals surface area contributed by atoms with Gasteiger partial charge in [-0.3, -0.25) is 0 Å². The van der Waals surface area contributed by atoms with Crippen LogP contribution in [0.4, 0.5) is 0 Å². The molecule has 5 heteroatoms. The fraction of sp³-hybridized carbons (Fsp3) is 0.429. The first-order valence-electron chi connectivity index (χ1n) is 5.96. The van der Waals surface area contributed by atoms with Crippen LogP contribution in [0.1, 0.15) is 31.1 Å². The molecule has 1 rings (SSSR count). The molecule has 0 amide bonds. The molecular formula is C14H18O5. The van der Waals surface area contributed by atoms with Gasteiger partial charge < -0.3 is 14.2 Å². The van der Waals surface area contributed by atoms with Gasteiger partial charge in [-0.15, -0.1) is 0 Å². The molecule has 0 unspecified atom stereocenters. The summed E-state index contributed by atoms with van der Waals surface area (Å²) in [4.78, 5) is 23.4. The molecule has 5 nitrogen and oxygen atoms in total. The van der Waals surface area contributed by atoms with Crippen LogP contribution in [0.2, 0.25) is 0 Å². The number of hydrogen-bond donors (Lipinski definition) is 0. The minimum Gasteiger partial charge on any atom is -0.475 e. The maximum Gasteiger partial charge on any atom is 0.349 e. The van der Waals surface area contributed by atoms with Crippen molar-refractivity contribution in [2.75, 3.05) is 13.7 Å². The molecule has 0 aromatic heterocycles. The van der Waals surface area contributed by atoms with E-state index in [0.717, 1.165) is 0 Å². The Kier molecular flexibility index (Phi) is 4.92. The van der Waals surface area contributed by atoms with E-state index in [1.165, 1.54) is 7.11 Å². The maximum atomic E-state index is 11.8. The second kappa shape index (κ2) is 6.22. The van der Waals surface area contributed by atoms with Crippen LogP contribution in [-0.4, -0.2) is 31.3 Å². The van der Waals surface area contributed by atoms with Crippen molar-refractivity contribution in [3.8, 4) is 5.75 Å². The Balaban J connectivity index is 3.02. The summed E-state index contributed by atoms with van der Waals surface area (Å²) in [6, 6.07) is 6.60. The normalized spacial score (nSPS) is 10.7. The largest absolute Gasteiger partial charge is 0.475 e. The van der Waals surface area contributed by atoms with Crippen molar-refractivity contribution >= 4 is 11.9 Å². The van der Waals surface area contributed by atoms with Crippen LogP contribution in [0.25, 0.3) is 0 Å². The van der Waals surface area contributed by atoms with Crippen LogP contribution in [-0.2, 0) is 14.3 Å². The fourth-order valence-corrected chi connectivity index (χ4v) is 1.50. The van der Waals surface area contributed by atoms with Gasteiger partial charge in [-0.25, -0.2) is 9.59 Å². The van der Waals surface area contributed by atoms with Crippen molar-refractivity contribution in [2.45, 2.75) is 26.4 Å². The highest BCUT2D eigenvalue weighted by Gasteiger charge is 2.32. The van der Waals surface area contributed by atoms with Crippen molar-refractivity contribution in [1.82, 2.24) is 0 Å². The van der Waals surface area contributed by atoms with Crippen LogP contribution in [0, 0.1) is 0 Å². The van der Waals surface area contributed by atoms with E-state index in [9.17, 15) is 9.59 Å². The number of para-hydroxylation sites is 1. The number of benzene rings is 1. The molecule has 0 atom stereocenters. The lowest BCUT2D eigenvalue weighted by atomic mass is 10.1. The van der Waals surface area contributed by atoms with E-state index in [1.807, 2.05) is 0 Å². The standard InChI is InChI=1S/C14H18O5/c1-5-18-12(15)10-8-6-7-9-11(10)19-14(2,3)13(16)17-4/h6-9H,5H2,1-4H3. The van der Waals surface area contributed by atoms with E-state index in [4.69, 9.17) is 9.47 Å². The SMILES string of the molecule is CCOC(=O)c1ccccc1OC(C)(C)C(=O)OC. The Labute approximate surface area is 112 Å². The summed E-state index contributed by atoms with van der Waals surface area (Å²) < 4.78 is 15.2. The Morgan fingerprint density at radius 3 is 2.42 bits per heavy atom. The molecule has 0 heterocycles. The van der Waals surface area contributed by atoms with E-state index in [0.29, 0.717) is 0 Å². The summed E-state index contributed by atoms with van der Waals surface area (Å²) >= 11 is 0. The zero-order valence-electron chi connectivity index (χ0n) is 11.6. The van der Waals surface area contributed by atoms with Crippen molar-refractivity contribution in [3.05, 3.63) is 29.8 Å². The van der Waals surface area contributed by atoms with Crippen molar-refractivity contribution < 1.29 is 23.8 Å². The van der Waals surface area contributed by atoms with Gasteiger partial charge in [0.2, 0.25) is 0 Å². The van der Waals surface area contributed by atoms with Gasteiger partial charge in [-0.1, -0.05) is 12.1 Å². The maximum absolute atomic E-state index is 11.8. The molecule has 0 aliphatic rings. The van der Waals surface area contributed by atoms with E-state index < -0.39 is 17.5 Å². The predicted octanol–water partition coefficient (Wildman–Crippen LogP) is 2.19. The first-order chi connectivity index (χ1) is 8.92. The highest BCUT2D eigenvalue weighted by molar-refractivity contribution is 5.92. The van der Waals surface area contributed by atoms with Crippen molar-refractivity contribution in [2.24, 2.45) is 0 Å². The minimum atomic E-state index is -1.18.